The molecule has 0 radical (unpaired) electrons. The fourth-order valence-corrected chi connectivity index (χ4v) is 2.79. The number of allylic oxidation sites excluding steroid dienone is 1. The van der Waals surface area contributed by atoms with Crippen LogP contribution < -0.4 is 4.89 Å². The summed E-state index contributed by atoms with van der Waals surface area (Å²) < 4.78 is 15.4. The number of ether oxygens (including phenoxy) is 1. The zero-order chi connectivity index (χ0) is 10.3. The van der Waals surface area contributed by atoms with Gasteiger partial charge in [-0.25, -0.2) is 4.79 Å². The summed E-state index contributed by atoms with van der Waals surface area (Å²) in [6.07, 6.45) is 3.82. The molecule has 14 heavy (non-hydrogen) atoms. The Bertz CT molecular complexity index is 361. The van der Waals surface area contributed by atoms with Gasteiger partial charge < -0.3 is 9.63 Å². The number of esters is 2. The minimum Gasteiger partial charge on any atom is -0.594 e. The maximum absolute atomic E-state index is 11.3. The van der Waals surface area contributed by atoms with Crippen LogP contribution in [0, 0.1) is 5.92 Å². The van der Waals surface area contributed by atoms with Crippen LogP contribution in [0.1, 0.15) is 12.8 Å². The van der Waals surface area contributed by atoms with Crippen LogP contribution >= 0.6 is 8.03 Å². The van der Waals surface area contributed by atoms with Gasteiger partial charge in [0.1, 0.15) is 5.92 Å². The van der Waals surface area contributed by atoms with Gasteiger partial charge in [-0.15, -0.1) is 0 Å². The first-order chi connectivity index (χ1) is 6.59. The Balaban J connectivity index is 2.55. The van der Waals surface area contributed by atoms with Crippen molar-refractivity contribution in [1.82, 2.24) is 0 Å². The molecule has 0 amide bonds. The molecule has 5 nitrogen and oxygen atoms in total. The summed E-state index contributed by atoms with van der Waals surface area (Å²) in [5.41, 5.74) is 0. The lowest BCUT2D eigenvalue weighted by atomic mass is 9.85. The van der Waals surface area contributed by atoms with Gasteiger partial charge in [-0.05, 0) is 18.9 Å². The number of hydrogen-bond donors (Lipinski definition) is 0. The highest BCUT2D eigenvalue weighted by atomic mass is 31.1. The van der Waals surface area contributed by atoms with Gasteiger partial charge in [0.15, 0.2) is 0 Å². The monoisotopic (exact) mass is 214 g/mol. The lowest BCUT2D eigenvalue weighted by Crippen LogP contribution is -2.40. The van der Waals surface area contributed by atoms with Gasteiger partial charge in [0.25, 0.3) is 5.16 Å². The lowest BCUT2D eigenvalue weighted by Gasteiger charge is -2.20. The van der Waals surface area contributed by atoms with Crippen LogP contribution in [0.15, 0.2) is 12.2 Å². The van der Waals surface area contributed by atoms with Crippen LogP contribution in [0.4, 0.5) is 0 Å². The molecule has 0 aromatic heterocycles. The van der Waals surface area contributed by atoms with Gasteiger partial charge in [-0.3, -0.25) is 4.79 Å². The number of fused-ring (bicyclic) bond motifs is 1. The van der Waals surface area contributed by atoms with Crippen molar-refractivity contribution in [2.75, 3.05) is 0 Å². The number of hydrogen-bond acceptors (Lipinski definition) is 5. The summed E-state index contributed by atoms with van der Waals surface area (Å²) in [4.78, 5) is 33.5. The highest BCUT2D eigenvalue weighted by Crippen LogP contribution is 2.49. The Labute approximate surface area is 80.6 Å². The van der Waals surface area contributed by atoms with Gasteiger partial charge in [0.2, 0.25) is 0 Å². The minimum atomic E-state index is -3.03. The Hall–Kier alpha value is -1.06. The van der Waals surface area contributed by atoms with Crippen molar-refractivity contribution in [2.45, 2.75) is 18.0 Å². The third-order valence-electron chi connectivity index (χ3n) is 2.63. The van der Waals surface area contributed by atoms with Gasteiger partial charge >= 0.3 is 20.0 Å². The van der Waals surface area contributed by atoms with Crippen molar-refractivity contribution in [3.05, 3.63) is 12.2 Å². The van der Waals surface area contributed by atoms with E-state index in [4.69, 9.17) is 0 Å². The van der Waals surface area contributed by atoms with Crippen molar-refractivity contribution in [2.24, 2.45) is 5.92 Å². The molecule has 0 bridgehead atoms. The molecule has 6 heteroatoms. The molecule has 0 aromatic rings. The molecule has 74 valence electrons. The van der Waals surface area contributed by atoms with Crippen LogP contribution in [0.25, 0.3) is 0 Å². The van der Waals surface area contributed by atoms with Crippen molar-refractivity contribution in [3.63, 3.8) is 0 Å². The van der Waals surface area contributed by atoms with Crippen LogP contribution in [-0.4, -0.2) is 17.1 Å². The first-order valence-electron chi connectivity index (χ1n) is 4.17. The van der Waals surface area contributed by atoms with E-state index in [1.54, 1.807) is 6.08 Å². The van der Waals surface area contributed by atoms with E-state index >= 15 is 0 Å². The smallest absolute Gasteiger partial charge is 0.373 e. The number of carbonyl (C=O) groups is 2. The molecular weight excluding hydrogens is 207 g/mol. The highest BCUT2D eigenvalue weighted by Gasteiger charge is 2.66. The van der Waals surface area contributed by atoms with Crippen LogP contribution in [0.3, 0.4) is 0 Å². The Morgan fingerprint density at radius 1 is 1.57 bits per heavy atom. The summed E-state index contributed by atoms with van der Waals surface area (Å²) in [6.45, 7) is 0. The van der Waals surface area contributed by atoms with Crippen molar-refractivity contribution in [3.8, 4) is 0 Å². The van der Waals surface area contributed by atoms with Crippen LogP contribution in [0.2, 0.25) is 0 Å². The third kappa shape index (κ3) is 0.996. The molecule has 1 aliphatic carbocycles. The normalized spacial score (nSPS) is 36.6. The summed E-state index contributed by atoms with van der Waals surface area (Å²) in [5.74, 6) is -2.53. The molecule has 1 heterocycles. The van der Waals surface area contributed by atoms with Crippen LogP contribution in [0.5, 0.6) is 0 Å². The van der Waals surface area contributed by atoms with Gasteiger partial charge in [0.05, 0.1) is 0 Å². The molecule has 3 unspecified atom stereocenters. The van der Waals surface area contributed by atoms with Crippen LogP contribution in [-0.2, 0) is 18.9 Å². The summed E-state index contributed by atoms with van der Waals surface area (Å²) in [6, 6.07) is 0. The highest BCUT2D eigenvalue weighted by molar-refractivity contribution is 7.40. The number of cyclic esters (lactones) is 2. The summed E-state index contributed by atoms with van der Waals surface area (Å²) in [7, 11) is -3.03. The topological polar surface area (TPSA) is 83.5 Å². The summed E-state index contributed by atoms with van der Waals surface area (Å²) in [5, 5.41) is -1.72. The van der Waals surface area contributed by atoms with E-state index in [-0.39, 0.29) is 0 Å². The zero-order valence-electron chi connectivity index (χ0n) is 7.13. The standard InChI is InChI=1S/C8H7O5P/c9-6-5-3-1-2-4-8(5,14(11)12)7(10)13-6/h2,4-5H,1,3H2. The average molecular weight is 214 g/mol. The number of carbonyl (C=O) groups excluding carboxylic acids is 2. The zero-order valence-corrected chi connectivity index (χ0v) is 8.03. The van der Waals surface area contributed by atoms with E-state index < -0.39 is 31.0 Å². The maximum Gasteiger partial charge on any atom is 0.373 e. The third-order valence-corrected chi connectivity index (χ3v) is 3.88. The van der Waals surface area contributed by atoms with E-state index in [1.165, 1.54) is 6.08 Å². The van der Waals surface area contributed by atoms with E-state index in [9.17, 15) is 19.0 Å². The molecule has 1 aliphatic heterocycles. The molecule has 0 saturated carbocycles. The van der Waals surface area contributed by atoms with E-state index in [2.05, 4.69) is 4.74 Å². The van der Waals surface area contributed by atoms with Crippen molar-refractivity contribution >= 4 is 20.0 Å². The first-order valence-corrected chi connectivity index (χ1v) is 5.35. The maximum atomic E-state index is 11.3. The number of rotatable bonds is 1. The fourth-order valence-electron chi connectivity index (χ4n) is 1.88. The fraction of sp³-hybridized carbons (Fsp3) is 0.500. The first kappa shape index (κ1) is 9.49. The average Bonchev–Trinajstić information content (AvgIpc) is 2.41. The minimum absolute atomic E-state index is 0.352. The molecule has 1 saturated heterocycles. The van der Waals surface area contributed by atoms with Gasteiger partial charge in [-0.2, -0.15) is 0 Å². The molecular formula is C8H7O5P. The predicted octanol–water partition coefficient (Wildman–Crippen LogP) is -0.123. The molecule has 0 aromatic carbocycles. The lowest BCUT2D eigenvalue weighted by molar-refractivity contribution is -0.171. The SMILES string of the molecule is O=C1OC(=O)C2([P+](=O)[O-])C=CCCC12. The Morgan fingerprint density at radius 3 is 2.86 bits per heavy atom. The van der Waals surface area contributed by atoms with E-state index in [0.29, 0.717) is 12.8 Å². The van der Waals surface area contributed by atoms with Crippen molar-refractivity contribution in [1.29, 1.82) is 0 Å². The predicted molar refractivity (Wildman–Crippen MR) is 43.3 cm³/mol. The Kier molecular flexibility index (Phi) is 2.01. The Morgan fingerprint density at radius 2 is 2.29 bits per heavy atom. The molecule has 3 atom stereocenters. The molecule has 0 N–H and O–H groups in total. The molecule has 1 fully saturated rings. The quantitative estimate of drug-likeness (QED) is 0.263. The van der Waals surface area contributed by atoms with Gasteiger partial charge in [0, 0.05) is 0 Å². The second kappa shape index (κ2) is 2.97. The van der Waals surface area contributed by atoms with Gasteiger partial charge in [-0.1, -0.05) is 10.6 Å². The molecule has 2 aliphatic rings. The van der Waals surface area contributed by atoms with Crippen molar-refractivity contribution < 1.29 is 23.8 Å². The van der Waals surface area contributed by atoms with E-state index in [1.807, 2.05) is 0 Å². The second-order valence-corrected chi connectivity index (χ2v) is 4.58. The summed E-state index contributed by atoms with van der Waals surface area (Å²) >= 11 is 0. The molecule has 0 spiro atoms. The largest absolute Gasteiger partial charge is 0.594 e. The second-order valence-electron chi connectivity index (χ2n) is 3.32. The molecule has 2 rings (SSSR count). The van der Waals surface area contributed by atoms with E-state index in [0.717, 1.165) is 0 Å².